The van der Waals surface area contributed by atoms with E-state index in [2.05, 4.69) is 19.8 Å². The molecule has 1 aromatic carbocycles. The molecule has 0 atom stereocenters. The lowest BCUT2D eigenvalue weighted by molar-refractivity contribution is -0.274. The van der Waals surface area contributed by atoms with E-state index in [0.29, 0.717) is 22.5 Å². The van der Waals surface area contributed by atoms with E-state index in [1.54, 1.807) is 29.9 Å². The SMILES string of the molecule is CN(c1ccc(OC(F)(F)F)cc1)c1nc(Cl)nc2cnn(C)c12. The van der Waals surface area contributed by atoms with Crippen LogP contribution in [0.5, 0.6) is 5.75 Å². The largest absolute Gasteiger partial charge is 0.573 e. The van der Waals surface area contributed by atoms with E-state index >= 15 is 0 Å². The average Bonchev–Trinajstić information content (AvgIpc) is 2.86. The summed E-state index contributed by atoms with van der Waals surface area (Å²) in [5.74, 6) is 0.181. The standard InChI is InChI=1S/C14H11ClF3N5O/c1-22(8-3-5-9(6-4-8)24-14(16,17)18)12-11-10(7-19-23(11)2)20-13(15)21-12/h3-7H,1-2H3. The summed E-state index contributed by atoms with van der Waals surface area (Å²) in [5.41, 5.74) is 1.82. The minimum atomic E-state index is -4.73. The van der Waals surface area contributed by atoms with Crippen molar-refractivity contribution in [3.8, 4) is 5.75 Å². The molecule has 0 amide bonds. The van der Waals surface area contributed by atoms with Gasteiger partial charge in [0.25, 0.3) is 0 Å². The van der Waals surface area contributed by atoms with E-state index in [9.17, 15) is 13.2 Å². The molecule has 0 aliphatic heterocycles. The topological polar surface area (TPSA) is 56.1 Å². The van der Waals surface area contributed by atoms with Crippen LogP contribution in [0, 0.1) is 0 Å². The van der Waals surface area contributed by atoms with Crippen molar-refractivity contribution in [1.82, 2.24) is 19.7 Å². The molecule has 0 aliphatic rings. The number of ether oxygens (including phenoxy) is 1. The molecule has 2 heterocycles. The minimum absolute atomic E-state index is 0.0503. The van der Waals surface area contributed by atoms with Crippen molar-refractivity contribution in [2.75, 3.05) is 11.9 Å². The first kappa shape index (κ1) is 16.3. The summed E-state index contributed by atoms with van der Waals surface area (Å²) in [5, 5.41) is 4.16. The molecule has 24 heavy (non-hydrogen) atoms. The van der Waals surface area contributed by atoms with Gasteiger partial charge < -0.3 is 9.64 Å². The first-order valence-electron chi connectivity index (χ1n) is 6.69. The normalized spacial score (nSPS) is 11.8. The van der Waals surface area contributed by atoms with E-state index in [1.165, 1.54) is 24.3 Å². The van der Waals surface area contributed by atoms with Crippen LogP contribution in [0.1, 0.15) is 0 Å². The van der Waals surface area contributed by atoms with Crippen LogP contribution in [0.2, 0.25) is 5.28 Å². The first-order valence-corrected chi connectivity index (χ1v) is 7.07. The maximum absolute atomic E-state index is 12.2. The predicted octanol–water partition coefficient (Wildman–Crippen LogP) is 3.68. The van der Waals surface area contributed by atoms with E-state index in [0.717, 1.165) is 0 Å². The summed E-state index contributed by atoms with van der Waals surface area (Å²) < 4.78 is 42.1. The van der Waals surface area contributed by atoms with Gasteiger partial charge in [0.2, 0.25) is 5.28 Å². The maximum Gasteiger partial charge on any atom is 0.573 e. The fraction of sp³-hybridized carbons (Fsp3) is 0.214. The molecule has 0 fully saturated rings. The van der Waals surface area contributed by atoms with E-state index in [-0.39, 0.29) is 11.0 Å². The Labute approximate surface area is 139 Å². The molecule has 0 N–H and O–H groups in total. The highest BCUT2D eigenvalue weighted by molar-refractivity contribution is 6.28. The quantitative estimate of drug-likeness (QED) is 0.669. The molecule has 126 valence electrons. The molecule has 3 aromatic rings. The number of aromatic nitrogens is 4. The Morgan fingerprint density at radius 2 is 1.83 bits per heavy atom. The summed E-state index contributed by atoms with van der Waals surface area (Å²) in [6.07, 6.45) is -3.17. The Morgan fingerprint density at radius 3 is 2.46 bits per heavy atom. The number of rotatable bonds is 3. The van der Waals surface area contributed by atoms with Crippen molar-refractivity contribution >= 4 is 34.1 Å². The predicted molar refractivity (Wildman–Crippen MR) is 82.5 cm³/mol. The molecule has 0 unspecified atom stereocenters. The third kappa shape index (κ3) is 3.21. The van der Waals surface area contributed by atoms with Gasteiger partial charge in [-0.05, 0) is 35.9 Å². The van der Waals surface area contributed by atoms with Crippen LogP contribution < -0.4 is 9.64 Å². The van der Waals surface area contributed by atoms with Gasteiger partial charge in [-0.2, -0.15) is 10.1 Å². The monoisotopic (exact) mass is 357 g/mol. The third-order valence-electron chi connectivity index (χ3n) is 3.32. The van der Waals surface area contributed by atoms with Gasteiger partial charge in [0.15, 0.2) is 5.82 Å². The molecule has 0 aliphatic carbocycles. The number of hydrogen-bond donors (Lipinski definition) is 0. The Balaban J connectivity index is 1.97. The second-order valence-electron chi connectivity index (χ2n) is 4.92. The zero-order valence-electron chi connectivity index (χ0n) is 12.5. The highest BCUT2D eigenvalue weighted by Crippen LogP contribution is 2.31. The van der Waals surface area contributed by atoms with Crippen LogP contribution in [0.15, 0.2) is 30.5 Å². The lowest BCUT2D eigenvalue weighted by Crippen LogP contribution is -2.17. The van der Waals surface area contributed by atoms with Crippen LogP contribution >= 0.6 is 11.6 Å². The van der Waals surface area contributed by atoms with Crippen molar-refractivity contribution in [1.29, 1.82) is 0 Å². The minimum Gasteiger partial charge on any atom is -0.406 e. The Hall–Kier alpha value is -2.55. The summed E-state index contributed by atoms with van der Waals surface area (Å²) >= 11 is 5.93. The summed E-state index contributed by atoms with van der Waals surface area (Å²) in [7, 11) is 3.45. The Morgan fingerprint density at radius 1 is 1.17 bits per heavy atom. The van der Waals surface area contributed by atoms with Gasteiger partial charge in [-0.3, -0.25) is 4.68 Å². The molecular weight excluding hydrogens is 347 g/mol. The highest BCUT2D eigenvalue weighted by Gasteiger charge is 2.31. The summed E-state index contributed by atoms with van der Waals surface area (Å²) in [6.45, 7) is 0. The molecule has 0 bridgehead atoms. The molecule has 0 saturated carbocycles. The van der Waals surface area contributed by atoms with Crippen LogP contribution in [0.4, 0.5) is 24.7 Å². The molecule has 0 saturated heterocycles. The molecule has 0 radical (unpaired) electrons. The fourth-order valence-corrected chi connectivity index (χ4v) is 2.43. The molecule has 3 rings (SSSR count). The van der Waals surface area contributed by atoms with Crippen molar-refractivity contribution < 1.29 is 17.9 Å². The van der Waals surface area contributed by atoms with Gasteiger partial charge in [0.05, 0.1) is 6.20 Å². The number of fused-ring (bicyclic) bond motifs is 1. The van der Waals surface area contributed by atoms with Crippen LogP contribution in [-0.4, -0.2) is 33.2 Å². The van der Waals surface area contributed by atoms with Crippen molar-refractivity contribution in [2.45, 2.75) is 6.36 Å². The zero-order valence-corrected chi connectivity index (χ0v) is 13.3. The smallest absolute Gasteiger partial charge is 0.406 e. The zero-order chi connectivity index (χ0) is 17.5. The van der Waals surface area contributed by atoms with Crippen LogP contribution in [0.3, 0.4) is 0 Å². The van der Waals surface area contributed by atoms with E-state index < -0.39 is 6.36 Å². The lowest BCUT2D eigenvalue weighted by atomic mass is 10.2. The number of nitrogens with zero attached hydrogens (tertiary/aromatic N) is 5. The van der Waals surface area contributed by atoms with E-state index in [4.69, 9.17) is 11.6 Å². The number of anilines is 2. The van der Waals surface area contributed by atoms with Gasteiger partial charge in [0.1, 0.15) is 16.8 Å². The summed E-state index contributed by atoms with van der Waals surface area (Å²) in [4.78, 5) is 9.96. The number of alkyl halides is 3. The molecule has 6 nitrogen and oxygen atoms in total. The van der Waals surface area contributed by atoms with E-state index in [1.807, 2.05) is 0 Å². The highest BCUT2D eigenvalue weighted by atomic mass is 35.5. The average molecular weight is 358 g/mol. The molecular formula is C14H11ClF3N5O. The van der Waals surface area contributed by atoms with Crippen molar-refractivity contribution in [3.05, 3.63) is 35.7 Å². The van der Waals surface area contributed by atoms with Gasteiger partial charge in [-0.1, -0.05) is 0 Å². The molecule has 2 aromatic heterocycles. The maximum atomic E-state index is 12.2. The second kappa shape index (κ2) is 5.82. The van der Waals surface area contributed by atoms with Crippen molar-refractivity contribution in [3.63, 3.8) is 0 Å². The second-order valence-corrected chi connectivity index (χ2v) is 5.26. The number of hydrogen-bond acceptors (Lipinski definition) is 5. The van der Waals surface area contributed by atoms with Gasteiger partial charge in [-0.15, -0.1) is 13.2 Å². The third-order valence-corrected chi connectivity index (χ3v) is 3.49. The van der Waals surface area contributed by atoms with Gasteiger partial charge in [-0.25, -0.2) is 4.98 Å². The van der Waals surface area contributed by atoms with Crippen LogP contribution in [0.25, 0.3) is 11.0 Å². The Bertz CT molecular complexity index is 878. The molecule has 10 heteroatoms. The van der Waals surface area contributed by atoms with Gasteiger partial charge in [0, 0.05) is 19.8 Å². The summed E-state index contributed by atoms with van der Waals surface area (Å²) in [6, 6.07) is 5.42. The first-order chi connectivity index (χ1) is 11.2. The number of benzene rings is 1. The fourth-order valence-electron chi connectivity index (χ4n) is 2.26. The lowest BCUT2D eigenvalue weighted by Gasteiger charge is -2.20. The molecule has 0 spiro atoms. The number of aryl methyl sites for hydroxylation is 1. The van der Waals surface area contributed by atoms with Crippen molar-refractivity contribution in [2.24, 2.45) is 7.05 Å². The number of halogens is 4. The van der Waals surface area contributed by atoms with Gasteiger partial charge >= 0.3 is 6.36 Å². The van der Waals surface area contributed by atoms with Crippen LogP contribution in [-0.2, 0) is 7.05 Å². The Kier molecular flexibility index (Phi) is 3.96.